The van der Waals surface area contributed by atoms with Crippen LogP contribution in [-0.4, -0.2) is 56.5 Å². The molecule has 228 valence electrons. The van der Waals surface area contributed by atoms with Crippen molar-refractivity contribution in [2.75, 3.05) is 26.4 Å². The van der Waals surface area contributed by atoms with Crippen LogP contribution in [0.5, 0.6) is 23.0 Å². The molecule has 0 aliphatic carbocycles. The molecule has 0 saturated carbocycles. The van der Waals surface area contributed by atoms with Crippen LogP contribution in [0.15, 0.2) is 92.0 Å². The second-order valence-electron chi connectivity index (χ2n) is 8.82. The van der Waals surface area contributed by atoms with Crippen molar-refractivity contribution in [3.63, 3.8) is 0 Å². The number of ether oxygens (including phenoxy) is 6. The van der Waals surface area contributed by atoms with Gasteiger partial charge in [0.05, 0.1) is 37.6 Å². The molecule has 11 heteroatoms. The second kappa shape index (κ2) is 17.3. The largest absolute Gasteiger partial charge is 0.493 e. The lowest BCUT2D eigenvalue weighted by Gasteiger charge is -2.11. The van der Waals surface area contributed by atoms with Crippen LogP contribution in [0.3, 0.4) is 0 Å². The molecule has 0 atom stereocenters. The standard InChI is InChI=1S/C33H31NO10/c1-3-30(35)41-19-5-17-39-26-11-7-23(8-12-26)32(37)43-28-15-16-29(25(21-28)22-34)44-33(38)24-9-13-27(14-10-24)40-18-6-20-42-31(36)4-2/h3-4,7-16,21-22,34H,1-2,5-6,17-20H2. The molecule has 0 bridgehead atoms. The van der Waals surface area contributed by atoms with Crippen molar-refractivity contribution in [3.05, 3.63) is 109 Å². The maximum absolute atomic E-state index is 12.7. The smallest absolute Gasteiger partial charge is 0.343 e. The summed E-state index contributed by atoms with van der Waals surface area (Å²) < 4.78 is 31.8. The molecule has 0 fully saturated rings. The van der Waals surface area contributed by atoms with Crippen molar-refractivity contribution in [1.82, 2.24) is 0 Å². The zero-order valence-corrected chi connectivity index (χ0v) is 23.8. The van der Waals surface area contributed by atoms with E-state index in [4.69, 9.17) is 33.8 Å². The van der Waals surface area contributed by atoms with Crippen molar-refractivity contribution in [3.8, 4) is 23.0 Å². The summed E-state index contributed by atoms with van der Waals surface area (Å²) in [5, 5.41) is 7.72. The molecule has 3 aromatic carbocycles. The first kappa shape index (κ1) is 32.8. The van der Waals surface area contributed by atoms with E-state index in [9.17, 15) is 19.2 Å². The van der Waals surface area contributed by atoms with Crippen molar-refractivity contribution in [2.45, 2.75) is 12.8 Å². The Hall–Kier alpha value is -5.71. The molecule has 0 radical (unpaired) electrons. The topological polar surface area (TPSA) is 148 Å². The van der Waals surface area contributed by atoms with Crippen LogP contribution in [0.1, 0.15) is 39.1 Å². The maximum Gasteiger partial charge on any atom is 0.343 e. The Bertz CT molecular complexity index is 1480. The minimum atomic E-state index is -0.652. The molecule has 0 spiro atoms. The van der Waals surface area contributed by atoms with Crippen LogP contribution in [0, 0.1) is 5.41 Å². The molecule has 3 rings (SSSR count). The van der Waals surface area contributed by atoms with E-state index in [2.05, 4.69) is 13.2 Å². The zero-order chi connectivity index (χ0) is 31.7. The highest BCUT2D eigenvalue weighted by molar-refractivity contribution is 5.94. The molecule has 3 aromatic rings. The van der Waals surface area contributed by atoms with Crippen molar-refractivity contribution >= 4 is 30.1 Å². The molecule has 0 unspecified atom stereocenters. The summed E-state index contributed by atoms with van der Waals surface area (Å²) >= 11 is 0. The Balaban J connectivity index is 1.49. The molecule has 0 aliphatic heterocycles. The predicted molar refractivity (Wildman–Crippen MR) is 160 cm³/mol. The van der Waals surface area contributed by atoms with Crippen molar-refractivity contribution in [2.24, 2.45) is 0 Å². The summed E-state index contributed by atoms with van der Waals surface area (Å²) in [6.45, 7) is 7.67. The second-order valence-corrected chi connectivity index (χ2v) is 8.82. The average Bonchev–Trinajstić information content (AvgIpc) is 3.05. The fourth-order valence-corrected chi connectivity index (χ4v) is 3.46. The van der Waals surface area contributed by atoms with Crippen LogP contribution in [0.25, 0.3) is 0 Å². The summed E-state index contributed by atoms with van der Waals surface area (Å²) in [5.41, 5.74) is 0.753. The number of carbonyl (C=O) groups excluding carboxylic acids is 4. The van der Waals surface area contributed by atoms with Gasteiger partial charge in [-0.05, 0) is 66.7 Å². The van der Waals surface area contributed by atoms with Crippen molar-refractivity contribution in [1.29, 1.82) is 5.41 Å². The number of hydrogen-bond acceptors (Lipinski definition) is 11. The molecule has 0 heterocycles. The molecule has 0 aliphatic rings. The summed E-state index contributed by atoms with van der Waals surface area (Å²) in [6, 6.07) is 16.9. The minimum Gasteiger partial charge on any atom is -0.493 e. The number of nitrogens with one attached hydrogen (secondary N) is 1. The van der Waals surface area contributed by atoms with E-state index in [1.807, 2.05) is 0 Å². The monoisotopic (exact) mass is 601 g/mol. The first-order valence-electron chi connectivity index (χ1n) is 13.5. The molecule has 0 saturated heterocycles. The van der Waals surface area contributed by atoms with E-state index in [1.54, 1.807) is 36.4 Å². The van der Waals surface area contributed by atoms with Gasteiger partial charge >= 0.3 is 23.9 Å². The van der Waals surface area contributed by atoms with Gasteiger partial charge in [-0.3, -0.25) is 0 Å². The van der Waals surface area contributed by atoms with Gasteiger partial charge in [0.15, 0.2) is 0 Å². The van der Waals surface area contributed by atoms with E-state index < -0.39 is 23.9 Å². The highest BCUT2D eigenvalue weighted by Gasteiger charge is 2.15. The van der Waals surface area contributed by atoms with Gasteiger partial charge in [-0.1, -0.05) is 13.2 Å². The zero-order valence-electron chi connectivity index (χ0n) is 23.8. The van der Waals surface area contributed by atoms with E-state index >= 15 is 0 Å². The predicted octanol–water partition coefficient (Wildman–Crippen LogP) is 5.12. The molecule has 1 N–H and O–H groups in total. The van der Waals surface area contributed by atoms with Crippen LogP contribution in [0.4, 0.5) is 0 Å². The molecule has 44 heavy (non-hydrogen) atoms. The Morgan fingerprint density at radius 1 is 0.614 bits per heavy atom. The van der Waals surface area contributed by atoms with Gasteiger partial charge in [-0.2, -0.15) is 0 Å². The molecular formula is C33H31NO10. The number of carbonyl (C=O) groups is 4. The number of esters is 4. The van der Waals surface area contributed by atoms with Gasteiger partial charge in [0.1, 0.15) is 23.0 Å². The first-order valence-corrected chi connectivity index (χ1v) is 13.5. The first-order chi connectivity index (χ1) is 21.3. The lowest BCUT2D eigenvalue weighted by molar-refractivity contribution is -0.138. The van der Waals surface area contributed by atoms with Gasteiger partial charge in [0.25, 0.3) is 0 Å². The SMILES string of the molecule is C=CC(=O)OCCCOc1ccc(C(=O)Oc2ccc(OC(=O)c3ccc(OCCCOC(=O)C=C)cc3)c(C=N)c2)cc1. The molecule has 0 aromatic heterocycles. The van der Waals surface area contributed by atoms with Crippen LogP contribution < -0.4 is 18.9 Å². The Labute approximate surface area is 254 Å². The third-order valence-corrected chi connectivity index (χ3v) is 5.67. The Morgan fingerprint density at radius 2 is 1.07 bits per heavy atom. The van der Waals surface area contributed by atoms with E-state index in [1.165, 1.54) is 30.3 Å². The van der Waals surface area contributed by atoms with Gasteiger partial charge in [0, 0.05) is 36.8 Å². The van der Waals surface area contributed by atoms with E-state index in [-0.39, 0.29) is 41.4 Å². The lowest BCUT2D eigenvalue weighted by Crippen LogP contribution is -2.11. The summed E-state index contributed by atoms with van der Waals surface area (Å²) in [7, 11) is 0. The Morgan fingerprint density at radius 3 is 1.52 bits per heavy atom. The van der Waals surface area contributed by atoms with Crippen molar-refractivity contribution < 1.29 is 47.6 Å². The average molecular weight is 602 g/mol. The van der Waals surface area contributed by atoms with Gasteiger partial charge < -0.3 is 33.8 Å². The fourth-order valence-electron chi connectivity index (χ4n) is 3.46. The quantitative estimate of drug-likeness (QED) is 0.0727. The third-order valence-electron chi connectivity index (χ3n) is 5.67. The highest BCUT2D eigenvalue weighted by Crippen LogP contribution is 2.25. The minimum absolute atomic E-state index is 0.111. The summed E-state index contributed by atoms with van der Waals surface area (Å²) in [5.74, 6) is -0.959. The molecular weight excluding hydrogens is 570 g/mol. The number of benzene rings is 3. The van der Waals surface area contributed by atoms with Crippen LogP contribution in [-0.2, 0) is 19.1 Å². The Kier molecular flexibility index (Phi) is 12.9. The normalized spacial score (nSPS) is 10.1. The van der Waals surface area contributed by atoms with Gasteiger partial charge in [-0.25, -0.2) is 19.2 Å². The molecule has 0 amide bonds. The van der Waals surface area contributed by atoms with E-state index in [0.29, 0.717) is 37.6 Å². The number of hydrogen-bond donors (Lipinski definition) is 1. The maximum atomic E-state index is 12.7. The van der Waals surface area contributed by atoms with Crippen LogP contribution >= 0.6 is 0 Å². The van der Waals surface area contributed by atoms with Crippen LogP contribution in [0.2, 0.25) is 0 Å². The third kappa shape index (κ3) is 10.6. The lowest BCUT2D eigenvalue weighted by atomic mass is 10.2. The summed E-state index contributed by atoms with van der Waals surface area (Å²) in [4.78, 5) is 47.4. The number of rotatable bonds is 17. The van der Waals surface area contributed by atoms with Gasteiger partial charge in [-0.15, -0.1) is 0 Å². The fraction of sp³-hybridized carbons (Fsp3) is 0.182. The highest BCUT2D eigenvalue weighted by atomic mass is 16.5. The summed E-state index contributed by atoms with van der Waals surface area (Å²) in [6.07, 6.45) is 4.14. The molecule has 11 nitrogen and oxygen atoms in total. The van der Waals surface area contributed by atoms with Gasteiger partial charge in [0.2, 0.25) is 0 Å². The van der Waals surface area contributed by atoms with E-state index in [0.717, 1.165) is 18.4 Å².